The number of methoxy groups -OCH3 is 2. The van der Waals surface area contributed by atoms with Crippen LogP contribution in [0.3, 0.4) is 0 Å². The first kappa shape index (κ1) is 24.1. The summed E-state index contributed by atoms with van der Waals surface area (Å²) in [5.74, 6) is 0.879. The predicted octanol–water partition coefficient (Wildman–Crippen LogP) is 4.68. The van der Waals surface area contributed by atoms with Crippen LogP contribution in [0.4, 0.5) is 11.4 Å². The summed E-state index contributed by atoms with van der Waals surface area (Å²) in [7, 11) is 4.97. The molecule has 0 saturated carbocycles. The lowest BCUT2D eigenvalue weighted by molar-refractivity contribution is -0.117. The van der Waals surface area contributed by atoms with Crippen molar-refractivity contribution in [3.8, 4) is 11.5 Å². The van der Waals surface area contributed by atoms with Crippen molar-refractivity contribution in [1.82, 2.24) is 4.90 Å². The normalized spacial score (nSPS) is 10.6. The Balaban J connectivity index is 1.53. The molecule has 0 saturated heterocycles. The number of carbonyl (C=O) groups is 2. The maximum Gasteiger partial charge on any atom is 0.255 e. The van der Waals surface area contributed by atoms with Crippen LogP contribution in [0.25, 0.3) is 0 Å². The molecule has 172 valence electrons. The molecular weight excluding hydrogens is 442 g/mol. The van der Waals surface area contributed by atoms with Gasteiger partial charge in [0.25, 0.3) is 5.91 Å². The largest absolute Gasteiger partial charge is 0.497 e. The van der Waals surface area contributed by atoms with Crippen molar-refractivity contribution in [3.05, 3.63) is 82.9 Å². The van der Waals surface area contributed by atoms with Gasteiger partial charge in [-0.2, -0.15) is 0 Å². The molecule has 0 fully saturated rings. The second-order valence-electron chi connectivity index (χ2n) is 7.44. The number of ether oxygens (including phenoxy) is 2. The smallest absolute Gasteiger partial charge is 0.255 e. The maximum absolute atomic E-state index is 12.5. The lowest BCUT2D eigenvalue weighted by atomic mass is 10.1. The highest BCUT2D eigenvalue weighted by Crippen LogP contribution is 2.27. The molecule has 7 nitrogen and oxygen atoms in total. The summed E-state index contributed by atoms with van der Waals surface area (Å²) in [6.07, 6.45) is 0. The molecule has 2 N–H and O–H groups in total. The van der Waals surface area contributed by atoms with Gasteiger partial charge in [0.15, 0.2) is 0 Å². The number of benzene rings is 3. The molecule has 8 heteroatoms. The Morgan fingerprint density at radius 1 is 0.909 bits per heavy atom. The molecule has 0 aliphatic rings. The van der Waals surface area contributed by atoms with Gasteiger partial charge in [-0.15, -0.1) is 0 Å². The summed E-state index contributed by atoms with van der Waals surface area (Å²) in [6.45, 7) is 0.718. The topological polar surface area (TPSA) is 79.9 Å². The van der Waals surface area contributed by atoms with E-state index in [1.165, 1.54) is 7.11 Å². The van der Waals surface area contributed by atoms with E-state index in [2.05, 4.69) is 10.6 Å². The molecule has 33 heavy (non-hydrogen) atoms. The van der Waals surface area contributed by atoms with Crippen LogP contribution >= 0.6 is 11.6 Å². The van der Waals surface area contributed by atoms with Gasteiger partial charge >= 0.3 is 0 Å². The van der Waals surface area contributed by atoms with Gasteiger partial charge in [-0.05, 0) is 67.2 Å². The number of nitrogens with zero attached hydrogens (tertiary/aromatic N) is 1. The number of hydrogen-bond donors (Lipinski definition) is 2. The van der Waals surface area contributed by atoms with Crippen LogP contribution in [0.2, 0.25) is 5.02 Å². The van der Waals surface area contributed by atoms with Gasteiger partial charge in [0, 0.05) is 22.8 Å². The molecule has 3 rings (SSSR count). The molecule has 0 atom stereocenters. The monoisotopic (exact) mass is 467 g/mol. The summed E-state index contributed by atoms with van der Waals surface area (Å²) in [4.78, 5) is 26.8. The molecule has 2 amide bonds. The summed E-state index contributed by atoms with van der Waals surface area (Å²) < 4.78 is 10.4. The van der Waals surface area contributed by atoms with Crippen LogP contribution in [0.1, 0.15) is 15.9 Å². The number of hydrogen-bond acceptors (Lipinski definition) is 5. The minimum Gasteiger partial charge on any atom is -0.497 e. The van der Waals surface area contributed by atoms with E-state index in [0.717, 1.165) is 11.3 Å². The third kappa shape index (κ3) is 6.97. The van der Waals surface area contributed by atoms with E-state index in [1.54, 1.807) is 61.7 Å². The van der Waals surface area contributed by atoms with Crippen molar-refractivity contribution in [3.63, 3.8) is 0 Å². The van der Waals surface area contributed by atoms with E-state index in [9.17, 15) is 9.59 Å². The molecule has 0 unspecified atom stereocenters. The Hall–Kier alpha value is -3.55. The molecule has 0 spiro atoms. The van der Waals surface area contributed by atoms with Crippen molar-refractivity contribution in [2.24, 2.45) is 0 Å². The van der Waals surface area contributed by atoms with Crippen molar-refractivity contribution >= 4 is 34.8 Å². The standard InChI is InChI=1S/C25H26ClN3O4/c1-29(16-24(30)28-22-14-19(26)8-13-23(22)33-3)15-17-4-6-18(7-5-17)25(31)27-20-9-11-21(32-2)12-10-20/h4-14H,15-16H2,1-3H3,(H,27,31)(H,28,30). The minimum absolute atomic E-state index is 0.176. The highest BCUT2D eigenvalue weighted by atomic mass is 35.5. The van der Waals surface area contributed by atoms with Gasteiger partial charge in [-0.3, -0.25) is 14.5 Å². The first-order valence-electron chi connectivity index (χ1n) is 10.2. The zero-order valence-electron chi connectivity index (χ0n) is 18.7. The second-order valence-corrected chi connectivity index (χ2v) is 7.88. The lowest BCUT2D eigenvalue weighted by Crippen LogP contribution is -2.30. The first-order valence-corrected chi connectivity index (χ1v) is 10.6. The van der Waals surface area contributed by atoms with E-state index in [4.69, 9.17) is 21.1 Å². The summed E-state index contributed by atoms with van der Waals surface area (Å²) in [5.41, 5.74) is 2.73. The number of carbonyl (C=O) groups excluding carboxylic acids is 2. The molecule has 0 aliphatic heterocycles. The second kappa shape index (κ2) is 11.4. The van der Waals surface area contributed by atoms with E-state index < -0.39 is 0 Å². The van der Waals surface area contributed by atoms with Gasteiger partial charge in [-0.1, -0.05) is 23.7 Å². The Bertz CT molecular complexity index is 1100. The number of amides is 2. The van der Waals surface area contributed by atoms with E-state index >= 15 is 0 Å². The molecular formula is C25H26ClN3O4. The average molecular weight is 468 g/mol. The van der Waals surface area contributed by atoms with Crippen molar-refractivity contribution < 1.29 is 19.1 Å². The fourth-order valence-electron chi connectivity index (χ4n) is 3.22. The van der Waals surface area contributed by atoms with Crippen molar-refractivity contribution in [2.45, 2.75) is 6.54 Å². The number of likely N-dealkylation sites (N-methyl/N-ethyl adjacent to an activating group) is 1. The number of anilines is 2. The van der Waals surface area contributed by atoms with Crippen LogP contribution in [0.15, 0.2) is 66.7 Å². The van der Waals surface area contributed by atoms with E-state index in [0.29, 0.717) is 34.3 Å². The molecule has 0 heterocycles. The zero-order chi connectivity index (χ0) is 23.8. The molecule has 0 aromatic heterocycles. The molecule has 3 aromatic rings. The quantitative estimate of drug-likeness (QED) is 0.477. The molecule has 0 radical (unpaired) electrons. The maximum atomic E-state index is 12.5. The summed E-state index contributed by atoms with van der Waals surface area (Å²) in [6, 6.07) is 19.5. The first-order chi connectivity index (χ1) is 15.9. The Morgan fingerprint density at radius 2 is 1.61 bits per heavy atom. The minimum atomic E-state index is -0.199. The summed E-state index contributed by atoms with van der Waals surface area (Å²) >= 11 is 6.01. The van der Waals surface area contributed by atoms with Crippen molar-refractivity contribution in [2.75, 3.05) is 38.4 Å². The van der Waals surface area contributed by atoms with Gasteiger partial charge in [0.1, 0.15) is 11.5 Å². The number of halogens is 1. The third-order valence-electron chi connectivity index (χ3n) is 4.87. The van der Waals surface area contributed by atoms with E-state index in [-0.39, 0.29) is 18.4 Å². The summed E-state index contributed by atoms with van der Waals surface area (Å²) in [5, 5.41) is 6.19. The van der Waals surface area contributed by atoms with Gasteiger partial charge in [0.2, 0.25) is 5.91 Å². The van der Waals surface area contributed by atoms with Gasteiger partial charge < -0.3 is 20.1 Å². The molecule has 0 bridgehead atoms. The van der Waals surface area contributed by atoms with Crippen LogP contribution in [0.5, 0.6) is 11.5 Å². The molecule has 0 aliphatic carbocycles. The Labute approximate surface area is 198 Å². The van der Waals surface area contributed by atoms with Crippen LogP contribution in [-0.2, 0) is 11.3 Å². The van der Waals surface area contributed by atoms with Gasteiger partial charge in [0.05, 0.1) is 26.5 Å². The van der Waals surface area contributed by atoms with Crippen molar-refractivity contribution in [1.29, 1.82) is 0 Å². The predicted molar refractivity (Wildman–Crippen MR) is 130 cm³/mol. The Morgan fingerprint density at radius 3 is 2.24 bits per heavy atom. The van der Waals surface area contributed by atoms with Crippen LogP contribution in [-0.4, -0.2) is 44.5 Å². The fraction of sp³-hybridized carbons (Fsp3) is 0.200. The molecule has 3 aromatic carbocycles. The number of rotatable bonds is 9. The number of nitrogens with one attached hydrogen (secondary N) is 2. The fourth-order valence-corrected chi connectivity index (χ4v) is 3.39. The van der Waals surface area contributed by atoms with Gasteiger partial charge in [-0.25, -0.2) is 0 Å². The lowest BCUT2D eigenvalue weighted by Gasteiger charge is -2.17. The SMILES string of the molecule is COc1ccc(NC(=O)c2ccc(CN(C)CC(=O)Nc3cc(Cl)ccc3OC)cc2)cc1. The van der Waals surface area contributed by atoms with Crippen LogP contribution < -0.4 is 20.1 Å². The zero-order valence-corrected chi connectivity index (χ0v) is 19.5. The van der Waals surface area contributed by atoms with Crippen LogP contribution in [0, 0.1) is 0 Å². The van der Waals surface area contributed by atoms with E-state index in [1.807, 2.05) is 24.1 Å². The Kier molecular flexibility index (Phi) is 8.29. The highest BCUT2D eigenvalue weighted by Gasteiger charge is 2.12. The highest BCUT2D eigenvalue weighted by molar-refractivity contribution is 6.31. The third-order valence-corrected chi connectivity index (χ3v) is 5.10. The average Bonchev–Trinajstić information content (AvgIpc) is 2.80.